The molecule has 0 saturated heterocycles. The van der Waals surface area contributed by atoms with Crippen LogP contribution in [0.15, 0.2) is 18.2 Å². The van der Waals surface area contributed by atoms with Gasteiger partial charge in [0.25, 0.3) is 0 Å². The van der Waals surface area contributed by atoms with Gasteiger partial charge in [-0.3, -0.25) is 4.79 Å². The number of hydrogen-bond acceptors (Lipinski definition) is 2. The van der Waals surface area contributed by atoms with E-state index in [2.05, 4.69) is 25.1 Å². The second-order valence-corrected chi connectivity index (χ2v) is 8.17. The van der Waals surface area contributed by atoms with Gasteiger partial charge >= 0.3 is 0 Å². The molecule has 0 aliphatic heterocycles. The van der Waals surface area contributed by atoms with Gasteiger partial charge in [0.1, 0.15) is 5.78 Å². The van der Waals surface area contributed by atoms with Gasteiger partial charge in [0.05, 0.1) is 5.41 Å². The highest BCUT2D eigenvalue weighted by Crippen LogP contribution is 2.43. The molecule has 132 valence electrons. The molecule has 0 spiro atoms. The number of aryl methyl sites for hydroxylation is 1. The van der Waals surface area contributed by atoms with Gasteiger partial charge in [-0.1, -0.05) is 37.5 Å². The summed E-state index contributed by atoms with van der Waals surface area (Å²) in [5.41, 5.74) is 3.79. The van der Waals surface area contributed by atoms with Gasteiger partial charge in [-0.25, -0.2) is 0 Å². The molecule has 0 bridgehead atoms. The summed E-state index contributed by atoms with van der Waals surface area (Å²) in [6.45, 7) is 4.32. The fraction of sp³-hybridized carbons (Fsp3) is 0.682. The van der Waals surface area contributed by atoms with Crippen LogP contribution in [0.5, 0.6) is 0 Å². The zero-order valence-corrected chi connectivity index (χ0v) is 15.3. The Labute approximate surface area is 146 Å². The summed E-state index contributed by atoms with van der Waals surface area (Å²) >= 11 is 0. The van der Waals surface area contributed by atoms with Crippen molar-refractivity contribution < 1.29 is 9.90 Å². The van der Waals surface area contributed by atoms with Gasteiger partial charge in [0.2, 0.25) is 0 Å². The van der Waals surface area contributed by atoms with Crippen LogP contribution < -0.4 is 0 Å². The summed E-state index contributed by atoms with van der Waals surface area (Å²) in [7, 11) is 0. The van der Waals surface area contributed by atoms with Crippen LogP contribution in [0, 0.1) is 12.8 Å². The summed E-state index contributed by atoms with van der Waals surface area (Å²) in [4.78, 5) is 12.5. The summed E-state index contributed by atoms with van der Waals surface area (Å²) in [6, 6.07) is 6.89. The molecule has 2 heteroatoms. The molecule has 2 aliphatic carbocycles. The maximum atomic E-state index is 12.5. The molecule has 24 heavy (non-hydrogen) atoms. The predicted octanol–water partition coefficient (Wildman–Crippen LogP) is 5.05. The van der Waals surface area contributed by atoms with Crippen molar-refractivity contribution in [2.75, 3.05) is 6.61 Å². The molecule has 0 radical (unpaired) electrons. The molecule has 2 aliphatic rings. The van der Waals surface area contributed by atoms with Crippen molar-refractivity contribution in [3.8, 4) is 0 Å². The zero-order valence-electron chi connectivity index (χ0n) is 15.3. The molecule has 1 aromatic carbocycles. The topological polar surface area (TPSA) is 37.3 Å². The Balaban J connectivity index is 1.83. The van der Waals surface area contributed by atoms with E-state index in [0.717, 1.165) is 25.7 Å². The third-order valence-corrected chi connectivity index (χ3v) is 6.72. The Morgan fingerprint density at radius 1 is 1.12 bits per heavy atom. The highest BCUT2D eigenvalue weighted by molar-refractivity contribution is 5.88. The number of benzene rings is 1. The van der Waals surface area contributed by atoms with Gasteiger partial charge in [0, 0.05) is 6.61 Å². The van der Waals surface area contributed by atoms with Crippen LogP contribution in [0.2, 0.25) is 0 Å². The lowest BCUT2D eigenvalue weighted by molar-refractivity contribution is -0.123. The second-order valence-electron chi connectivity index (χ2n) is 8.17. The SMILES string of the molecule is CC(=O)C1(c2ccc(C3CCC(CO)CC3)cc2C)CCCCC1. The minimum Gasteiger partial charge on any atom is -0.396 e. The van der Waals surface area contributed by atoms with Crippen LogP contribution in [0.3, 0.4) is 0 Å². The molecule has 1 aromatic rings. The van der Waals surface area contributed by atoms with Crippen molar-refractivity contribution in [1.29, 1.82) is 0 Å². The lowest BCUT2D eigenvalue weighted by Crippen LogP contribution is -2.37. The van der Waals surface area contributed by atoms with Gasteiger partial charge in [0.15, 0.2) is 0 Å². The monoisotopic (exact) mass is 328 g/mol. The first-order valence-corrected chi connectivity index (χ1v) is 9.80. The summed E-state index contributed by atoms with van der Waals surface area (Å²) < 4.78 is 0. The third kappa shape index (κ3) is 3.31. The zero-order chi connectivity index (χ0) is 17.2. The number of aliphatic hydroxyl groups is 1. The van der Waals surface area contributed by atoms with Gasteiger partial charge in [-0.05, 0) is 80.9 Å². The Morgan fingerprint density at radius 2 is 1.79 bits per heavy atom. The molecule has 2 nitrogen and oxygen atoms in total. The number of aliphatic hydroxyl groups excluding tert-OH is 1. The van der Waals surface area contributed by atoms with Crippen molar-refractivity contribution in [2.24, 2.45) is 5.92 Å². The van der Waals surface area contributed by atoms with E-state index in [1.807, 2.05) is 0 Å². The normalized spacial score (nSPS) is 27.0. The van der Waals surface area contributed by atoms with Gasteiger partial charge in [-0.15, -0.1) is 0 Å². The molecular weight excluding hydrogens is 296 g/mol. The standard InChI is InChI=1S/C22H32O2/c1-16-14-20(19-8-6-18(15-23)7-9-19)10-11-21(16)22(17(2)24)12-4-3-5-13-22/h10-11,14,18-19,23H,3-9,12-13,15H2,1-2H3. The molecule has 3 rings (SSSR count). The van der Waals surface area contributed by atoms with Gasteiger partial charge < -0.3 is 5.11 Å². The molecular formula is C22H32O2. The van der Waals surface area contributed by atoms with E-state index in [1.165, 1.54) is 48.8 Å². The van der Waals surface area contributed by atoms with Crippen molar-refractivity contribution in [3.05, 3.63) is 34.9 Å². The first kappa shape index (κ1) is 17.7. The van der Waals surface area contributed by atoms with E-state index in [9.17, 15) is 9.90 Å². The first-order chi connectivity index (χ1) is 11.6. The fourth-order valence-electron chi connectivity index (χ4n) is 5.12. The van der Waals surface area contributed by atoms with E-state index in [-0.39, 0.29) is 5.41 Å². The average Bonchev–Trinajstić information content (AvgIpc) is 2.62. The lowest BCUT2D eigenvalue weighted by Gasteiger charge is -2.37. The van der Waals surface area contributed by atoms with Crippen molar-refractivity contribution in [1.82, 2.24) is 0 Å². The predicted molar refractivity (Wildman–Crippen MR) is 98.4 cm³/mol. The number of rotatable bonds is 4. The van der Waals surface area contributed by atoms with Crippen molar-refractivity contribution in [3.63, 3.8) is 0 Å². The highest BCUT2D eigenvalue weighted by atomic mass is 16.3. The quantitative estimate of drug-likeness (QED) is 0.839. The summed E-state index contributed by atoms with van der Waals surface area (Å²) in [5, 5.41) is 9.32. The van der Waals surface area contributed by atoms with Crippen LogP contribution in [0.25, 0.3) is 0 Å². The van der Waals surface area contributed by atoms with Crippen LogP contribution in [-0.2, 0) is 10.2 Å². The van der Waals surface area contributed by atoms with Crippen LogP contribution in [-0.4, -0.2) is 17.5 Å². The molecule has 2 fully saturated rings. The van der Waals surface area contributed by atoms with Crippen LogP contribution in [0.4, 0.5) is 0 Å². The molecule has 1 N–H and O–H groups in total. The summed E-state index contributed by atoms with van der Waals surface area (Å²) in [6.07, 6.45) is 10.3. The maximum absolute atomic E-state index is 12.5. The number of ketones is 1. The molecule has 0 heterocycles. The second kappa shape index (κ2) is 7.39. The number of carbonyl (C=O) groups is 1. The lowest BCUT2D eigenvalue weighted by atomic mass is 9.65. The van der Waals surface area contributed by atoms with Crippen LogP contribution >= 0.6 is 0 Å². The van der Waals surface area contributed by atoms with Crippen molar-refractivity contribution in [2.45, 2.75) is 83.0 Å². The van der Waals surface area contributed by atoms with E-state index in [0.29, 0.717) is 24.2 Å². The largest absolute Gasteiger partial charge is 0.396 e. The number of Topliss-reactive ketones (excluding diaryl/α,β-unsaturated/α-hetero) is 1. The molecule has 0 atom stereocenters. The van der Waals surface area contributed by atoms with E-state index >= 15 is 0 Å². The average molecular weight is 328 g/mol. The smallest absolute Gasteiger partial charge is 0.140 e. The van der Waals surface area contributed by atoms with E-state index in [1.54, 1.807) is 6.92 Å². The minimum atomic E-state index is -0.227. The molecule has 0 aromatic heterocycles. The number of carbonyl (C=O) groups excluding carboxylic acids is 1. The Bertz CT molecular complexity index is 576. The molecule has 2 saturated carbocycles. The fourth-order valence-corrected chi connectivity index (χ4v) is 5.12. The van der Waals surface area contributed by atoms with E-state index < -0.39 is 0 Å². The van der Waals surface area contributed by atoms with Gasteiger partial charge in [-0.2, -0.15) is 0 Å². The molecule has 0 unspecified atom stereocenters. The Hall–Kier alpha value is -1.15. The minimum absolute atomic E-state index is 0.227. The highest BCUT2D eigenvalue weighted by Gasteiger charge is 2.39. The summed E-state index contributed by atoms with van der Waals surface area (Å²) in [5.74, 6) is 1.48. The van der Waals surface area contributed by atoms with Crippen molar-refractivity contribution >= 4 is 5.78 Å². The van der Waals surface area contributed by atoms with Crippen LogP contribution in [0.1, 0.15) is 87.3 Å². The molecule has 0 amide bonds. The third-order valence-electron chi connectivity index (χ3n) is 6.72. The van der Waals surface area contributed by atoms with E-state index in [4.69, 9.17) is 0 Å². The Kier molecular flexibility index (Phi) is 5.44. The first-order valence-electron chi connectivity index (χ1n) is 9.80. The Morgan fingerprint density at radius 3 is 2.33 bits per heavy atom. The number of hydrogen-bond donors (Lipinski definition) is 1. The maximum Gasteiger partial charge on any atom is 0.140 e.